The Morgan fingerprint density at radius 2 is 1.82 bits per heavy atom. The predicted molar refractivity (Wildman–Crippen MR) is 123 cm³/mol. The smallest absolute Gasteiger partial charge is 0.261 e. The Kier molecular flexibility index (Phi) is 6.69. The summed E-state index contributed by atoms with van der Waals surface area (Å²) in [5.41, 5.74) is 1.16. The molecule has 7 nitrogen and oxygen atoms in total. The van der Waals surface area contributed by atoms with Gasteiger partial charge in [0, 0.05) is 30.9 Å². The van der Waals surface area contributed by atoms with Gasteiger partial charge in [0.2, 0.25) is 5.91 Å². The highest BCUT2D eigenvalue weighted by atomic mass is 32.2. The van der Waals surface area contributed by atoms with E-state index in [9.17, 15) is 22.4 Å². The van der Waals surface area contributed by atoms with E-state index in [1.165, 1.54) is 24.3 Å². The van der Waals surface area contributed by atoms with E-state index in [2.05, 4.69) is 10.0 Å². The number of amides is 2. The Labute approximate surface area is 193 Å². The van der Waals surface area contributed by atoms with Gasteiger partial charge in [-0.25, -0.2) is 12.8 Å². The number of benzene rings is 2. The van der Waals surface area contributed by atoms with Crippen LogP contribution in [0.3, 0.4) is 0 Å². The molecule has 1 aliphatic carbocycles. The summed E-state index contributed by atoms with van der Waals surface area (Å²) >= 11 is 0. The molecule has 0 unspecified atom stereocenters. The highest BCUT2D eigenvalue weighted by Gasteiger charge is 2.31. The lowest BCUT2D eigenvalue weighted by Gasteiger charge is -2.32. The number of anilines is 1. The molecule has 0 radical (unpaired) electrons. The normalized spacial score (nSPS) is 18.6. The van der Waals surface area contributed by atoms with E-state index < -0.39 is 15.8 Å². The fourth-order valence-corrected chi connectivity index (χ4v) is 5.07. The van der Waals surface area contributed by atoms with Crippen molar-refractivity contribution in [1.29, 1.82) is 0 Å². The van der Waals surface area contributed by atoms with E-state index in [4.69, 9.17) is 0 Å². The highest BCUT2D eigenvalue weighted by molar-refractivity contribution is 7.92. The molecule has 1 saturated heterocycles. The third kappa shape index (κ3) is 5.71. The van der Waals surface area contributed by atoms with Gasteiger partial charge in [-0.3, -0.25) is 14.3 Å². The molecule has 2 amide bonds. The zero-order valence-electron chi connectivity index (χ0n) is 18.5. The maximum atomic E-state index is 13.3. The van der Waals surface area contributed by atoms with Crippen LogP contribution < -0.4 is 10.0 Å². The Morgan fingerprint density at radius 1 is 1.09 bits per heavy atom. The molecule has 33 heavy (non-hydrogen) atoms. The lowest BCUT2D eigenvalue weighted by molar-refractivity contribution is -0.126. The van der Waals surface area contributed by atoms with Crippen LogP contribution in [0, 0.1) is 24.6 Å². The molecular formula is C24H28FN3O4S. The summed E-state index contributed by atoms with van der Waals surface area (Å²) in [6, 6.07) is 9.37. The van der Waals surface area contributed by atoms with Gasteiger partial charge >= 0.3 is 0 Å². The fourth-order valence-electron chi connectivity index (χ4n) is 3.99. The van der Waals surface area contributed by atoms with Crippen molar-refractivity contribution >= 4 is 27.5 Å². The molecule has 4 rings (SSSR count). The second kappa shape index (κ2) is 9.51. The SMILES string of the molecule is Cc1ccc(S(=O)(=O)Nc2ccc(F)cc2)cc1C(=O)N1CCC[C@@H](C(=O)NCC2CC2)C1. The minimum atomic E-state index is -3.97. The highest BCUT2D eigenvalue weighted by Crippen LogP contribution is 2.28. The van der Waals surface area contributed by atoms with Crippen molar-refractivity contribution in [2.24, 2.45) is 11.8 Å². The average Bonchev–Trinajstić information content (AvgIpc) is 3.63. The summed E-state index contributed by atoms with van der Waals surface area (Å²) in [4.78, 5) is 27.4. The molecule has 9 heteroatoms. The van der Waals surface area contributed by atoms with Crippen molar-refractivity contribution in [1.82, 2.24) is 10.2 Å². The number of sulfonamides is 1. The summed E-state index contributed by atoms with van der Waals surface area (Å²) in [6.07, 6.45) is 3.76. The molecule has 1 heterocycles. The first-order valence-corrected chi connectivity index (χ1v) is 12.7. The summed E-state index contributed by atoms with van der Waals surface area (Å²) < 4.78 is 41.2. The number of hydrogen-bond acceptors (Lipinski definition) is 4. The van der Waals surface area contributed by atoms with Crippen molar-refractivity contribution in [3.63, 3.8) is 0 Å². The van der Waals surface area contributed by atoms with E-state index >= 15 is 0 Å². The van der Waals surface area contributed by atoms with Crippen LogP contribution in [0.25, 0.3) is 0 Å². The van der Waals surface area contributed by atoms with Gasteiger partial charge in [-0.05, 0) is 80.5 Å². The van der Waals surface area contributed by atoms with Gasteiger partial charge in [-0.1, -0.05) is 6.07 Å². The number of carbonyl (C=O) groups excluding carboxylic acids is 2. The lowest BCUT2D eigenvalue weighted by Crippen LogP contribution is -2.46. The molecule has 2 aliphatic rings. The van der Waals surface area contributed by atoms with E-state index in [1.807, 2.05) is 0 Å². The second-order valence-electron chi connectivity index (χ2n) is 8.87. The van der Waals surface area contributed by atoms with Crippen LogP contribution >= 0.6 is 0 Å². The molecular weight excluding hydrogens is 445 g/mol. The molecule has 2 aromatic carbocycles. The molecule has 1 aliphatic heterocycles. The minimum Gasteiger partial charge on any atom is -0.356 e. The molecule has 0 bridgehead atoms. The van der Waals surface area contributed by atoms with Crippen molar-refractivity contribution in [3.05, 3.63) is 59.4 Å². The summed E-state index contributed by atoms with van der Waals surface area (Å²) in [7, 11) is -3.97. The van der Waals surface area contributed by atoms with Crippen molar-refractivity contribution in [2.45, 2.75) is 37.5 Å². The third-order valence-electron chi connectivity index (χ3n) is 6.19. The molecule has 2 aromatic rings. The Morgan fingerprint density at radius 3 is 2.52 bits per heavy atom. The molecule has 2 fully saturated rings. The Balaban J connectivity index is 1.48. The summed E-state index contributed by atoms with van der Waals surface area (Å²) in [5, 5.41) is 2.99. The number of hydrogen-bond donors (Lipinski definition) is 2. The number of nitrogens with zero attached hydrogens (tertiary/aromatic N) is 1. The molecule has 2 N–H and O–H groups in total. The van der Waals surface area contributed by atoms with E-state index in [-0.39, 0.29) is 33.9 Å². The summed E-state index contributed by atoms with van der Waals surface area (Å²) in [6.45, 7) is 3.29. The lowest BCUT2D eigenvalue weighted by atomic mass is 9.96. The van der Waals surface area contributed by atoms with Crippen LogP contribution in [0.4, 0.5) is 10.1 Å². The van der Waals surface area contributed by atoms with E-state index in [0.29, 0.717) is 31.1 Å². The topological polar surface area (TPSA) is 95.6 Å². The number of aryl methyl sites for hydroxylation is 1. The van der Waals surface area contributed by atoms with Gasteiger partial charge < -0.3 is 10.2 Å². The number of carbonyl (C=O) groups is 2. The van der Waals surface area contributed by atoms with Gasteiger partial charge in [-0.15, -0.1) is 0 Å². The van der Waals surface area contributed by atoms with Crippen LogP contribution in [-0.4, -0.2) is 44.8 Å². The molecule has 0 aromatic heterocycles. The standard InChI is InChI=1S/C24H28FN3O4S/c1-16-4-11-21(33(31,32)27-20-9-7-19(25)8-10-20)13-22(16)24(30)28-12-2-3-18(15-28)23(29)26-14-17-5-6-17/h4,7-11,13,17-18,27H,2-3,5-6,12,14-15H2,1H3,(H,26,29)/t18-/m1/s1. The predicted octanol–water partition coefficient (Wildman–Crippen LogP) is 3.31. The second-order valence-corrected chi connectivity index (χ2v) is 10.6. The number of piperidine rings is 1. The average molecular weight is 474 g/mol. The third-order valence-corrected chi connectivity index (χ3v) is 7.57. The first kappa shape index (κ1) is 23.2. The van der Waals surface area contributed by atoms with Crippen molar-refractivity contribution in [3.8, 4) is 0 Å². The van der Waals surface area contributed by atoms with Gasteiger partial charge in [0.25, 0.3) is 15.9 Å². The Hall–Kier alpha value is -2.94. The first-order valence-electron chi connectivity index (χ1n) is 11.2. The van der Waals surface area contributed by atoms with Crippen molar-refractivity contribution < 1.29 is 22.4 Å². The van der Waals surface area contributed by atoms with Gasteiger partial charge in [0.15, 0.2) is 0 Å². The van der Waals surface area contributed by atoms with Crippen LogP contribution in [0.1, 0.15) is 41.6 Å². The monoisotopic (exact) mass is 473 g/mol. The molecule has 176 valence electrons. The van der Waals surface area contributed by atoms with Crippen molar-refractivity contribution in [2.75, 3.05) is 24.4 Å². The van der Waals surface area contributed by atoms with Gasteiger partial charge in [0.05, 0.1) is 10.8 Å². The molecule has 1 atom stereocenters. The first-order chi connectivity index (χ1) is 15.7. The van der Waals surface area contributed by atoms with E-state index in [0.717, 1.165) is 37.8 Å². The maximum absolute atomic E-state index is 13.3. The zero-order valence-corrected chi connectivity index (χ0v) is 19.3. The number of nitrogens with one attached hydrogen (secondary N) is 2. The Bertz CT molecular complexity index is 1150. The maximum Gasteiger partial charge on any atom is 0.261 e. The van der Waals surface area contributed by atoms with E-state index in [1.54, 1.807) is 17.9 Å². The van der Waals surface area contributed by atoms with Gasteiger partial charge in [0.1, 0.15) is 5.82 Å². The molecule has 1 saturated carbocycles. The molecule has 0 spiro atoms. The largest absolute Gasteiger partial charge is 0.356 e. The van der Waals surface area contributed by atoms with Crippen LogP contribution in [0.15, 0.2) is 47.4 Å². The number of rotatable bonds is 7. The van der Waals surface area contributed by atoms with Gasteiger partial charge in [-0.2, -0.15) is 0 Å². The zero-order chi connectivity index (χ0) is 23.6. The quantitative estimate of drug-likeness (QED) is 0.645. The number of likely N-dealkylation sites (tertiary alicyclic amines) is 1. The van der Waals surface area contributed by atoms with Crippen LogP contribution in [0.5, 0.6) is 0 Å². The fraction of sp³-hybridized carbons (Fsp3) is 0.417. The number of halogens is 1. The minimum absolute atomic E-state index is 0.0176. The summed E-state index contributed by atoms with van der Waals surface area (Å²) in [5.74, 6) is -0.441. The van der Waals surface area contributed by atoms with Crippen LogP contribution in [-0.2, 0) is 14.8 Å². The van der Waals surface area contributed by atoms with Crippen LogP contribution in [0.2, 0.25) is 0 Å².